The number of furan rings is 1. The number of benzene rings is 1. The molecule has 2 N–H and O–H groups in total. The van der Waals surface area contributed by atoms with Crippen LogP contribution in [0.15, 0.2) is 27.3 Å². The van der Waals surface area contributed by atoms with Gasteiger partial charge in [0.05, 0.1) is 13.4 Å². The van der Waals surface area contributed by atoms with Crippen molar-refractivity contribution in [1.29, 1.82) is 0 Å². The Kier molecular flexibility index (Phi) is 2.98. The monoisotopic (exact) mass is 269 g/mol. The van der Waals surface area contributed by atoms with Gasteiger partial charge in [0.2, 0.25) is 0 Å². The molecule has 0 saturated carbocycles. The highest BCUT2D eigenvalue weighted by atomic mass is 79.9. The molecule has 0 unspecified atom stereocenters. The molecule has 1 aromatic carbocycles. The highest BCUT2D eigenvalue weighted by Gasteiger charge is 2.13. The molecular weight excluding hydrogens is 258 g/mol. The maximum Gasteiger partial charge on any atom is 0.151 e. The quantitative estimate of drug-likeness (QED) is 0.932. The summed E-state index contributed by atoms with van der Waals surface area (Å²) in [6.07, 6.45) is 2.46. The number of hydrogen-bond acceptors (Lipinski definition) is 3. The molecule has 0 aliphatic carbocycles. The molecule has 0 saturated heterocycles. The summed E-state index contributed by atoms with van der Waals surface area (Å²) >= 11 is 3.48. The Balaban J connectivity index is 2.67. The standard InChI is InChI=1S/C11H12BrNO2/c1-14-10-7(2-4-13)6-8-3-5-15-11(8)9(10)12/h3,5-6H,2,4,13H2,1H3. The molecule has 0 fully saturated rings. The Bertz CT molecular complexity index is 479. The van der Waals surface area contributed by atoms with E-state index in [0.717, 1.165) is 33.2 Å². The van der Waals surface area contributed by atoms with Crippen LogP contribution in [0.1, 0.15) is 5.56 Å². The Morgan fingerprint density at radius 3 is 3.00 bits per heavy atom. The van der Waals surface area contributed by atoms with Gasteiger partial charge >= 0.3 is 0 Å². The molecule has 1 aromatic heterocycles. The van der Waals surface area contributed by atoms with Crippen LogP contribution in [0.2, 0.25) is 0 Å². The van der Waals surface area contributed by atoms with Gasteiger partial charge in [-0.2, -0.15) is 0 Å². The Morgan fingerprint density at radius 1 is 1.53 bits per heavy atom. The van der Waals surface area contributed by atoms with E-state index in [-0.39, 0.29) is 0 Å². The lowest BCUT2D eigenvalue weighted by Gasteiger charge is -2.09. The van der Waals surface area contributed by atoms with E-state index in [2.05, 4.69) is 22.0 Å². The molecule has 2 rings (SSSR count). The van der Waals surface area contributed by atoms with E-state index in [1.807, 2.05) is 6.07 Å². The van der Waals surface area contributed by atoms with Gasteiger partial charge in [0.1, 0.15) is 10.2 Å². The van der Waals surface area contributed by atoms with Crippen molar-refractivity contribution in [1.82, 2.24) is 0 Å². The average molecular weight is 270 g/mol. The summed E-state index contributed by atoms with van der Waals surface area (Å²) in [6.45, 7) is 0.603. The van der Waals surface area contributed by atoms with Crippen LogP contribution in [-0.2, 0) is 6.42 Å². The van der Waals surface area contributed by atoms with Gasteiger partial charge in [0.25, 0.3) is 0 Å². The van der Waals surface area contributed by atoms with Gasteiger partial charge in [-0.25, -0.2) is 0 Å². The molecule has 0 aliphatic rings. The minimum atomic E-state index is 0.603. The largest absolute Gasteiger partial charge is 0.495 e. The molecule has 0 bridgehead atoms. The zero-order chi connectivity index (χ0) is 10.8. The second kappa shape index (κ2) is 4.24. The summed E-state index contributed by atoms with van der Waals surface area (Å²) < 4.78 is 11.6. The van der Waals surface area contributed by atoms with Crippen molar-refractivity contribution in [3.05, 3.63) is 28.4 Å². The van der Waals surface area contributed by atoms with Crippen molar-refractivity contribution in [2.45, 2.75) is 6.42 Å². The molecule has 0 atom stereocenters. The summed E-state index contributed by atoms with van der Waals surface area (Å²) in [7, 11) is 1.65. The third-order valence-corrected chi connectivity index (χ3v) is 3.05. The van der Waals surface area contributed by atoms with E-state index in [4.69, 9.17) is 14.9 Å². The van der Waals surface area contributed by atoms with Crippen molar-refractivity contribution in [3.8, 4) is 5.75 Å². The molecule has 3 nitrogen and oxygen atoms in total. The van der Waals surface area contributed by atoms with Crippen LogP contribution < -0.4 is 10.5 Å². The summed E-state index contributed by atoms with van der Waals surface area (Å²) in [6, 6.07) is 3.98. The highest BCUT2D eigenvalue weighted by molar-refractivity contribution is 9.10. The van der Waals surface area contributed by atoms with Crippen molar-refractivity contribution >= 4 is 26.9 Å². The zero-order valence-electron chi connectivity index (χ0n) is 8.42. The second-order valence-corrected chi connectivity index (χ2v) is 4.05. The van der Waals surface area contributed by atoms with Crippen LogP contribution in [0.25, 0.3) is 11.0 Å². The van der Waals surface area contributed by atoms with Crippen LogP contribution in [0.3, 0.4) is 0 Å². The maximum absolute atomic E-state index is 5.56. The van der Waals surface area contributed by atoms with Crippen molar-refractivity contribution in [2.24, 2.45) is 5.73 Å². The Labute approximate surface area is 96.3 Å². The minimum Gasteiger partial charge on any atom is -0.495 e. The first kappa shape index (κ1) is 10.5. The number of ether oxygens (including phenoxy) is 1. The van der Waals surface area contributed by atoms with Crippen LogP contribution in [0, 0.1) is 0 Å². The molecular formula is C11H12BrNO2. The topological polar surface area (TPSA) is 48.4 Å². The van der Waals surface area contributed by atoms with Gasteiger partial charge in [-0.05, 0) is 46.6 Å². The number of hydrogen-bond donors (Lipinski definition) is 1. The van der Waals surface area contributed by atoms with Gasteiger partial charge in [0.15, 0.2) is 5.58 Å². The van der Waals surface area contributed by atoms with E-state index in [1.54, 1.807) is 13.4 Å². The van der Waals surface area contributed by atoms with Crippen LogP contribution >= 0.6 is 15.9 Å². The van der Waals surface area contributed by atoms with E-state index in [9.17, 15) is 0 Å². The molecule has 4 heteroatoms. The fourth-order valence-corrected chi connectivity index (χ4v) is 2.41. The van der Waals surface area contributed by atoms with E-state index in [1.165, 1.54) is 0 Å². The minimum absolute atomic E-state index is 0.603. The third kappa shape index (κ3) is 1.75. The van der Waals surface area contributed by atoms with Crippen molar-refractivity contribution in [2.75, 3.05) is 13.7 Å². The number of nitrogens with two attached hydrogens (primary N) is 1. The SMILES string of the molecule is COc1c(CCN)cc2ccoc2c1Br. The normalized spacial score (nSPS) is 10.9. The van der Waals surface area contributed by atoms with E-state index < -0.39 is 0 Å². The first-order chi connectivity index (χ1) is 7.27. The maximum atomic E-state index is 5.56. The molecule has 2 aromatic rings. The van der Waals surface area contributed by atoms with Crippen LogP contribution in [0.5, 0.6) is 5.75 Å². The Morgan fingerprint density at radius 2 is 2.33 bits per heavy atom. The number of halogens is 1. The molecule has 0 spiro atoms. The number of rotatable bonds is 3. The van der Waals surface area contributed by atoms with Gasteiger partial charge in [-0.15, -0.1) is 0 Å². The average Bonchev–Trinajstić information content (AvgIpc) is 2.67. The predicted octanol–water partition coefficient (Wildman–Crippen LogP) is 2.71. The lowest BCUT2D eigenvalue weighted by Crippen LogP contribution is -2.04. The molecule has 0 radical (unpaired) electrons. The summed E-state index contributed by atoms with van der Waals surface area (Å²) in [5.74, 6) is 0.808. The fourth-order valence-electron chi connectivity index (χ4n) is 1.67. The van der Waals surface area contributed by atoms with E-state index in [0.29, 0.717) is 6.54 Å². The third-order valence-electron chi connectivity index (χ3n) is 2.33. The van der Waals surface area contributed by atoms with Crippen molar-refractivity contribution in [3.63, 3.8) is 0 Å². The van der Waals surface area contributed by atoms with Gasteiger partial charge < -0.3 is 14.9 Å². The molecule has 80 valence electrons. The van der Waals surface area contributed by atoms with Crippen LogP contribution in [0.4, 0.5) is 0 Å². The highest BCUT2D eigenvalue weighted by Crippen LogP contribution is 2.37. The lowest BCUT2D eigenvalue weighted by molar-refractivity contribution is 0.406. The van der Waals surface area contributed by atoms with Gasteiger partial charge in [-0.1, -0.05) is 0 Å². The summed E-state index contributed by atoms with van der Waals surface area (Å²) in [5.41, 5.74) is 7.47. The van der Waals surface area contributed by atoms with Gasteiger partial charge in [0, 0.05) is 5.39 Å². The Hall–Kier alpha value is -1.00. The predicted molar refractivity (Wildman–Crippen MR) is 63.2 cm³/mol. The molecule has 0 amide bonds. The first-order valence-electron chi connectivity index (χ1n) is 4.70. The van der Waals surface area contributed by atoms with E-state index >= 15 is 0 Å². The second-order valence-electron chi connectivity index (χ2n) is 3.26. The number of fused-ring (bicyclic) bond motifs is 1. The first-order valence-corrected chi connectivity index (χ1v) is 5.50. The van der Waals surface area contributed by atoms with Gasteiger partial charge in [-0.3, -0.25) is 0 Å². The zero-order valence-corrected chi connectivity index (χ0v) is 10.0. The van der Waals surface area contributed by atoms with Crippen molar-refractivity contribution < 1.29 is 9.15 Å². The lowest BCUT2D eigenvalue weighted by atomic mass is 10.1. The molecule has 0 aliphatic heterocycles. The summed E-state index contributed by atoms with van der Waals surface area (Å²) in [5, 5.41) is 1.06. The molecule has 1 heterocycles. The van der Waals surface area contributed by atoms with Crippen LogP contribution in [-0.4, -0.2) is 13.7 Å². The summed E-state index contributed by atoms with van der Waals surface area (Å²) in [4.78, 5) is 0. The smallest absolute Gasteiger partial charge is 0.151 e. The number of methoxy groups -OCH3 is 1. The molecule has 15 heavy (non-hydrogen) atoms. The fraction of sp³-hybridized carbons (Fsp3) is 0.273.